The number of amides is 1. The lowest BCUT2D eigenvalue weighted by atomic mass is 10.0. The molecule has 6 heteroatoms. The summed E-state index contributed by atoms with van der Waals surface area (Å²) in [5, 5.41) is 9.29. The van der Waals surface area contributed by atoms with E-state index >= 15 is 0 Å². The van der Waals surface area contributed by atoms with Crippen molar-refractivity contribution in [1.29, 1.82) is 0 Å². The number of anilines is 1. The zero-order valence-corrected chi connectivity index (χ0v) is 15.9. The molecule has 1 N–H and O–H groups in total. The largest absolute Gasteiger partial charge is 0.387 e. The molecule has 1 amide bonds. The van der Waals surface area contributed by atoms with Crippen LogP contribution >= 0.6 is 11.3 Å². The summed E-state index contributed by atoms with van der Waals surface area (Å²) in [6.45, 7) is 4.16. The van der Waals surface area contributed by atoms with E-state index in [0.717, 1.165) is 16.8 Å². The Bertz CT molecular complexity index is 1010. The topological polar surface area (TPSA) is 63.6 Å². The van der Waals surface area contributed by atoms with Crippen LogP contribution in [0, 0.1) is 13.8 Å². The lowest BCUT2D eigenvalue weighted by Gasteiger charge is -2.07. The van der Waals surface area contributed by atoms with Gasteiger partial charge in [0.2, 0.25) is 0 Å². The van der Waals surface area contributed by atoms with E-state index in [2.05, 4.69) is 41.4 Å². The van der Waals surface area contributed by atoms with Gasteiger partial charge in [0.1, 0.15) is 5.71 Å². The number of rotatable bonds is 4. The number of carbonyl (C=O) groups excluding carboxylic acids is 1. The van der Waals surface area contributed by atoms with Crippen molar-refractivity contribution in [1.82, 2.24) is 4.98 Å². The molecule has 0 aliphatic carbocycles. The molecule has 0 fully saturated rings. The number of oxime groups is 1. The molecule has 27 heavy (non-hydrogen) atoms. The molecule has 0 saturated carbocycles. The molecule has 1 aliphatic heterocycles. The number of nitrogens with zero attached hydrogens (tertiary/aromatic N) is 2. The summed E-state index contributed by atoms with van der Waals surface area (Å²) >= 11 is 1.40. The van der Waals surface area contributed by atoms with E-state index in [-0.39, 0.29) is 12.0 Å². The fourth-order valence-electron chi connectivity index (χ4n) is 2.89. The van der Waals surface area contributed by atoms with Crippen molar-refractivity contribution in [3.8, 4) is 11.3 Å². The molecule has 2 aromatic carbocycles. The van der Waals surface area contributed by atoms with Gasteiger partial charge in [0, 0.05) is 17.4 Å². The van der Waals surface area contributed by atoms with Gasteiger partial charge in [-0.3, -0.25) is 10.1 Å². The van der Waals surface area contributed by atoms with Gasteiger partial charge in [-0.2, -0.15) is 0 Å². The third-order valence-corrected chi connectivity index (χ3v) is 5.39. The second-order valence-corrected chi connectivity index (χ2v) is 7.40. The van der Waals surface area contributed by atoms with Gasteiger partial charge in [-0.15, -0.1) is 11.3 Å². The zero-order valence-electron chi connectivity index (χ0n) is 15.1. The van der Waals surface area contributed by atoms with Crippen molar-refractivity contribution < 1.29 is 9.63 Å². The van der Waals surface area contributed by atoms with Crippen LogP contribution in [-0.2, 0) is 9.63 Å². The molecule has 3 aromatic rings. The first-order valence-corrected chi connectivity index (χ1v) is 9.60. The van der Waals surface area contributed by atoms with E-state index < -0.39 is 0 Å². The van der Waals surface area contributed by atoms with Gasteiger partial charge < -0.3 is 4.84 Å². The second-order valence-electron chi connectivity index (χ2n) is 6.54. The molecule has 136 valence electrons. The normalized spacial score (nSPS) is 15.9. The molecule has 0 unspecified atom stereocenters. The monoisotopic (exact) mass is 377 g/mol. The molecule has 0 saturated heterocycles. The van der Waals surface area contributed by atoms with Crippen molar-refractivity contribution in [2.24, 2.45) is 5.16 Å². The van der Waals surface area contributed by atoms with E-state index in [1.807, 2.05) is 41.8 Å². The molecular formula is C21H19N3O2S. The molecule has 0 radical (unpaired) electrons. The minimum absolute atomic E-state index is 0.214. The smallest absolute Gasteiger partial charge is 0.275 e. The van der Waals surface area contributed by atoms with Crippen LogP contribution in [0.2, 0.25) is 0 Å². The first-order chi connectivity index (χ1) is 13.1. The Balaban J connectivity index is 1.42. The Morgan fingerprint density at radius 1 is 1.15 bits per heavy atom. The van der Waals surface area contributed by atoms with Gasteiger partial charge in [0.25, 0.3) is 5.91 Å². The van der Waals surface area contributed by atoms with E-state index in [1.54, 1.807) is 0 Å². The molecule has 2 heterocycles. The second kappa shape index (κ2) is 7.32. The standard InChI is InChI=1S/C21H19N3O2S/c1-13-8-9-16(10-14(13)2)18-12-27-21(22-18)23-20(25)17-11-19(26-24-17)15-6-4-3-5-7-15/h3-10,12,19H,11H2,1-2H3,(H,22,23,25)/t19-/m1/s1. The average molecular weight is 377 g/mol. The Morgan fingerprint density at radius 2 is 1.96 bits per heavy atom. The van der Waals surface area contributed by atoms with Gasteiger partial charge >= 0.3 is 0 Å². The predicted octanol–water partition coefficient (Wildman–Crippen LogP) is 4.88. The number of benzene rings is 2. The van der Waals surface area contributed by atoms with Crippen LogP contribution in [0.4, 0.5) is 5.13 Å². The maximum atomic E-state index is 12.5. The summed E-state index contributed by atoms with van der Waals surface area (Å²) in [5.74, 6) is -0.269. The SMILES string of the molecule is Cc1ccc(-c2csc(NC(=O)C3=NO[C@@H](c4ccccc4)C3)n2)cc1C. The van der Waals surface area contributed by atoms with Gasteiger partial charge in [0.05, 0.1) is 5.69 Å². The van der Waals surface area contributed by atoms with Crippen molar-refractivity contribution in [2.45, 2.75) is 26.4 Å². The van der Waals surface area contributed by atoms with Crippen LogP contribution in [0.1, 0.15) is 29.2 Å². The Morgan fingerprint density at radius 3 is 2.74 bits per heavy atom. The van der Waals surface area contributed by atoms with Crippen LogP contribution in [-0.4, -0.2) is 16.6 Å². The fourth-order valence-corrected chi connectivity index (χ4v) is 3.61. The van der Waals surface area contributed by atoms with E-state index in [0.29, 0.717) is 17.3 Å². The van der Waals surface area contributed by atoms with Crippen molar-refractivity contribution in [3.63, 3.8) is 0 Å². The molecule has 1 atom stereocenters. The quantitative estimate of drug-likeness (QED) is 0.704. The molecule has 0 spiro atoms. The van der Waals surface area contributed by atoms with Crippen molar-refractivity contribution in [2.75, 3.05) is 5.32 Å². The summed E-state index contributed by atoms with van der Waals surface area (Å²) < 4.78 is 0. The number of carbonyl (C=O) groups is 1. The average Bonchev–Trinajstić information content (AvgIpc) is 3.34. The highest BCUT2D eigenvalue weighted by Crippen LogP contribution is 2.29. The number of nitrogens with one attached hydrogen (secondary N) is 1. The zero-order chi connectivity index (χ0) is 18.8. The number of aromatic nitrogens is 1. The van der Waals surface area contributed by atoms with E-state index in [1.165, 1.54) is 22.5 Å². The highest BCUT2D eigenvalue weighted by molar-refractivity contribution is 7.14. The first kappa shape index (κ1) is 17.4. The molecule has 4 rings (SSSR count). The number of aryl methyl sites for hydroxylation is 2. The number of thiazole rings is 1. The van der Waals surface area contributed by atoms with Crippen LogP contribution in [0.5, 0.6) is 0 Å². The predicted molar refractivity (Wildman–Crippen MR) is 108 cm³/mol. The summed E-state index contributed by atoms with van der Waals surface area (Å²) in [5.41, 5.74) is 5.75. The number of hydrogen-bond donors (Lipinski definition) is 1. The molecular weight excluding hydrogens is 358 g/mol. The minimum Gasteiger partial charge on any atom is -0.387 e. The fraction of sp³-hybridized carbons (Fsp3) is 0.190. The third-order valence-electron chi connectivity index (χ3n) is 4.63. The van der Waals surface area contributed by atoms with Crippen molar-refractivity contribution in [3.05, 3.63) is 70.6 Å². The van der Waals surface area contributed by atoms with Gasteiger partial charge in [-0.25, -0.2) is 4.98 Å². The van der Waals surface area contributed by atoms with Gasteiger partial charge in [-0.05, 0) is 36.6 Å². The van der Waals surface area contributed by atoms with Crippen LogP contribution in [0.15, 0.2) is 59.1 Å². The summed E-state index contributed by atoms with van der Waals surface area (Å²) in [6.07, 6.45) is 0.236. The highest BCUT2D eigenvalue weighted by atomic mass is 32.1. The van der Waals surface area contributed by atoms with E-state index in [9.17, 15) is 4.79 Å². The molecule has 5 nitrogen and oxygen atoms in total. The van der Waals surface area contributed by atoms with Gasteiger partial charge in [0.15, 0.2) is 11.2 Å². The van der Waals surface area contributed by atoms with Crippen molar-refractivity contribution >= 4 is 28.1 Å². The third kappa shape index (κ3) is 3.75. The van der Waals surface area contributed by atoms with Gasteiger partial charge in [-0.1, -0.05) is 47.6 Å². The Labute approximate surface area is 161 Å². The van der Waals surface area contributed by atoms with Crippen LogP contribution < -0.4 is 5.32 Å². The number of hydrogen-bond acceptors (Lipinski definition) is 5. The summed E-state index contributed by atoms with van der Waals surface area (Å²) in [6, 6.07) is 16.0. The lowest BCUT2D eigenvalue weighted by molar-refractivity contribution is -0.110. The lowest BCUT2D eigenvalue weighted by Crippen LogP contribution is -2.21. The highest BCUT2D eigenvalue weighted by Gasteiger charge is 2.27. The Hall–Kier alpha value is -2.99. The van der Waals surface area contributed by atoms with Crippen LogP contribution in [0.3, 0.4) is 0 Å². The summed E-state index contributed by atoms with van der Waals surface area (Å²) in [7, 11) is 0. The van der Waals surface area contributed by atoms with E-state index in [4.69, 9.17) is 4.84 Å². The van der Waals surface area contributed by atoms with Crippen LogP contribution in [0.25, 0.3) is 11.3 Å². The minimum atomic E-state index is -0.269. The Kier molecular flexibility index (Phi) is 4.73. The molecule has 1 aliphatic rings. The first-order valence-electron chi connectivity index (χ1n) is 8.72. The summed E-state index contributed by atoms with van der Waals surface area (Å²) in [4.78, 5) is 22.4. The molecule has 0 bridgehead atoms. The molecule has 1 aromatic heterocycles. The maximum Gasteiger partial charge on any atom is 0.275 e. The maximum absolute atomic E-state index is 12.5.